The molecule has 3 N–H and O–H groups in total. The van der Waals surface area contributed by atoms with Gasteiger partial charge in [-0.2, -0.15) is 0 Å². The van der Waals surface area contributed by atoms with Crippen LogP contribution in [0.4, 0.5) is 0 Å². The second kappa shape index (κ2) is 4.21. The normalized spacial score (nSPS) is 20.1. The highest BCUT2D eigenvalue weighted by molar-refractivity contribution is 5.33. The van der Waals surface area contributed by atoms with E-state index < -0.39 is 5.60 Å². The van der Waals surface area contributed by atoms with E-state index in [9.17, 15) is 10.2 Å². The third kappa shape index (κ3) is 2.49. The second-order valence-corrected chi connectivity index (χ2v) is 4.28. The van der Waals surface area contributed by atoms with Crippen molar-refractivity contribution >= 4 is 0 Å². The van der Waals surface area contributed by atoms with Gasteiger partial charge in [0.2, 0.25) is 0 Å². The van der Waals surface area contributed by atoms with E-state index in [4.69, 9.17) is 0 Å². The van der Waals surface area contributed by atoms with Gasteiger partial charge in [0, 0.05) is 6.42 Å². The first-order valence-corrected chi connectivity index (χ1v) is 5.40. The Kier molecular flexibility index (Phi) is 2.93. The quantitative estimate of drug-likeness (QED) is 0.679. The molecule has 0 spiro atoms. The molecule has 0 aliphatic carbocycles. The molecule has 1 saturated heterocycles. The number of piperidine rings is 1. The van der Waals surface area contributed by atoms with Gasteiger partial charge < -0.3 is 15.5 Å². The Morgan fingerprint density at radius 1 is 1.20 bits per heavy atom. The lowest BCUT2D eigenvalue weighted by Gasteiger charge is -2.32. The molecule has 3 heteroatoms. The molecule has 0 saturated carbocycles. The van der Waals surface area contributed by atoms with Gasteiger partial charge in [0.15, 0.2) is 0 Å². The van der Waals surface area contributed by atoms with Gasteiger partial charge in [-0.3, -0.25) is 0 Å². The molecule has 1 aromatic rings. The van der Waals surface area contributed by atoms with Gasteiger partial charge in [0.05, 0.1) is 5.60 Å². The van der Waals surface area contributed by atoms with Crippen LogP contribution in [0.2, 0.25) is 0 Å². The third-order valence-corrected chi connectivity index (χ3v) is 3.05. The van der Waals surface area contributed by atoms with Crippen LogP contribution in [0, 0.1) is 0 Å². The number of aliphatic hydroxyl groups is 1. The first kappa shape index (κ1) is 10.5. The van der Waals surface area contributed by atoms with E-state index in [1.807, 2.05) is 12.1 Å². The summed E-state index contributed by atoms with van der Waals surface area (Å²) in [5, 5.41) is 23.1. The van der Waals surface area contributed by atoms with Crippen molar-refractivity contribution in [3.05, 3.63) is 29.8 Å². The monoisotopic (exact) mass is 207 g/mol. The van der Waals surface area contributed by atoms with Crippen molar-refractivity contribution in [3.8, 4) is 5.75 Å². The van der Waals surface area contributed by atoms with Gasteiger partial charge in [-0.05, 0) is 37.6 Å². The van der Waals surface area contributed by atoms with Crippen LogP contribution < -0.4 is 5.32 Å². The van der Waals surface area contributed by atoms with Gasteiger partial charge in [0.25, 0.3) is 0 Å². The number of benzene rings is 1. The number of rotatable bonds is 2. The standard InChI is InChI=1S/C12H17NO2/c14-11-4-2-1-3-10(11)9-12(15)5-7-13-8-6-12/h1-4,13-15H,5-9H2. The molecule has 2 rings (SSSR count). The molecule has 0 amide bonds. The van der Waals surface area contributed by atoms with Gasteiger partial charge in [-0.15, -0.1) is 0 Å². The topological polar surface area (TPSA) is 52.5 Å². The van der Waals surface area contributed by atoms with Crippen LogP contribution in [-0.2, 0) is 6.42 Å². The highest BCUT2D eigenvalue weighted by Crippen LogP contribution is 2.27. The average Bonchev–Trinajstić information content (AvgIpc) is 2.22. The van der Waals surface area contributed by atoms with Crippen LogP contribution in [0.5, 0.6) is 5.75 Å². The number of hydrogen-bond acceptors (Lipinski definition) is 3. The van der Waals surface area contributed by atoms with Gasteiger partial charge >= 0.3 is 0 Å². The van der Waals surface area contributed by atoms with E-state index in [0.717, 1.165) is 31.5 Å². The van der Waals surface area contributed by atoms with Crippen molar-refractivity contribution in [1.82, 2.24) is 5.32 Å². The molecule has 0 radical (unpaired) electrons. The van der Waals surface area contributed by atoms with Crippen molar-refractivity contribution in [3.63, 3.8) is 0 Å². The first-order valence-electron chi connectivity index (χ1n) is 5.40. The van der Waals surface area contributed by atoms with E-state index in [2.05, 4.69) is 5.32 Å². The molecule has 1 aliphatic rings. The molecule has 3 nitrogen and oxygen atoms in total. The SMILES string of the molecule is Oc1ccccc1CC1(O)CCNCC1. The Labute approximate surface area is 89.8 Å². The fourth-order valence-corrected chi connectivity index (χ4v) is 2.08. The number of para-hydroxylation sites is 1. The van der Waals surface area contributed by atoms with Crippen molar-refractivity contribution in [2.24, 2.45) is 0 Å². The fourth-order valence-electron chi connectivity index (χ4n) is 2.08. The lowest BCUT2D eigenvalue weighted by molar-refractivity contribution is 0.0104. The summed E-state index contributed by atoms with van der Waals surface area (Å²) in [5.41, 5.74) is 0.186. The summed E-state index contributed by atoms with van der Waals surface area (Å²) < 4.78 is 0. The zero-order chi connectivity index (χ0) is 10.7. The molecule has 0 atom stereocenters. The number of phenolic OH excluding ortho intramolecular Hbond substituents is 1. The Balaban J connectivity index is 2.10. The predicted octanol–water partition coefficient (Wildman–Crippen LogP) is 1.05. The lowest BCUT2D eigenvalue weighted by Crippen LogP contribution is -2.43. The molecule has 0 aromatic heterocycles. The third-order valence-electron chi connectivity index (χ3n) is 3.05. The maximum absolute atomic E-state index is 10.3. The Bertz CT molecular complexity index is 332. The summed E-state index contributed by atoms with van der Waals surface area (Å²) >= 11 is 0. The molecule has 1 aromatic carbocycles. The van der Waals surface area contributed by atoms with Crippen molar-refractivity contribution in [1.29, 1.82) is 0 Å². The zero-order valence-corrected chi connectivity index (χ0v) is 8.74. The molecule has 0 bridgehead atoms. The Morgan fingerprint density at radius 2 is 1.87 bits per heavy atom. The minimum Gasteiger partial charge on any atom is -0.508 e. The van der Waals surface area contributed by atoms with E-state index >= 15 is 0 Å². The summed E-state index contributed by atoms with van der Waals surface area (Å²) in [7, 11) is 0. The largest absolute Gasteiger partial charge is 0.508 e. The molecule has 82 valence electrons. The highest BCUT2D eigenvalue weighted by atomic mass is 16.3. The van der Waals surface area contributed by atoms with Gasteiger partial charge in [-0.1, -0.05) is 18.2 Å². The zero-order valence-electron chi connectivity index (χ0n) is 8.74. The summed E-state index contributed by atoms with van der Waals surface area (Å²) in [6, 6.07) is 7.22. The van der Waals surface area contributed by atoms with Gasteiger partial charge in [-0.25, -0.2) is 0 Å². The minimum atomic E-state index is -0.649. The van der Waals surface area contributed by atoms with Crippen molar-refractivity contribution in [2.45, 2.75) is 24.9 Å². The summed E-state index contributed by atoms with van der Waals surface area (Å²) in [4.78, 5) is 0. The fraction of sp³-hybridized carbons (Fsp3) is 0.500. The molecule has 1 heterocycles. The maximum Gasteiger partial charge on any atom is 0.118 e. The summed E-state index contributed by atoms with van der Waals surface area (Å²) in [5.74, 6) is 0.282. The predicted molar refractivity (Wildman–Crippen MR) is 58.9 cm³/mol. The molecular formula is C12H17NO2. The van der Waals surface area contributed by atoms with Crippen LogP contribution >= 0.6 is 0 Å². The highest BCUT2D eigenvalue weighted by Gasteiger charge is 2.29. The van der Waals surface area contributed by atoms with Crippen LogP contribution in [0.1, 0.15) is 18.4 Å². The number of hydrogen-bond donors (Lipinski definition) is 3. The summed E-state index contributed by atoms with van der Waals surface area (Å²) in [6.45, 7) is 1.70. The van der Waals surface area contributed by atoms with E-state index in [0.29, 0.717) is 6.42 Å². The number of aromatic hydroxyl groups is 1. The molecule has 0 unspecified atom stereocenters. The van der Waals surface area contributed by atoms with Crippen molar-refractivity contribution < 1.29 is 10.2 Å². The Morgan fingerprint density at radius 3 is 2.53 bits per heavy atom. The lowest BCUT2D eigenvalue weighted by atomic mass is 9.86. The molecule has 15 heavy (non-hydrogen) atoms. The van der Waals surface area contributed by atoms with E-state index in [-0.39, 0.29) is 5.75 Å². The number of nitrogens with one attached hydrogen (secondary N) is 1. The first-order chi connectivity index (χ1) is 7.20. The molecular weight excluding hydrogens is 190 g/mol. The van der Waals surface area contributed by atoms with E-state index in [1.165, 1.54) is 0 Å². The van der Waals surface area contributed by atoms with Crippen LogP contribution in [0.25, 0.3) is 0 Å². The average molecular weight is 207 g/mol. The summed E-state index contributed by atoms with van der Waals surface area (Å²) in [6.07, 6.45) is 2.05. The molecule has 1 fully saturated rings. The van der Waals surface area contributed by atoms with Crippen LogP contribution in [-0.4, -0.2) is 28.9 Å². The van der Waals surface area contributed by atoms with Crippen LogP contribution in [0.3, 0.4) is 0 Å². The smallest absolute Gasteiger partial charge is 0.118 e. The maximum atomic E-state index is 10.3. The number of phenols is 1. The minimum absolute atomic E-state index is 0.282. The van der Waals surface area contributed by atoms with E-state index in [1.54, 1.807) is 12.1 Å². The second-order valence-electron chi connectivity index (χ2n) is 4.28. The molecule has 1 aliphatic heterocycles. The Hall–Kier alpha value is -1.06. The van der Waals surface area contributed by atoms with Crippen LogP contribution in [0.15, 0.2) is 24.3 Å². The van der Waals surface area contributed by atoms with Crippen molar-refractivity contribution in [2.75, 3.05) is 13.1 Å². The van der Waals surface area contributed by atoms with Gasteiger partial charge in [0.1, 0.15) is 5.75 Å².